The van der Waals surface area contributed by atoms with Gasteiger partial charge in [0, 0.05) is 34.9 Å². The number of nitro groups is 1. The Morgan fingerprint density at radius 3 is 2.16 bits per heavy atom. The predicted molar refractivity (Wildman–Crippen MR) is 123 cm³/mol. The van der Waals surface area contributed by atoms with E-state index < -0.39 is 20.8 Å². The molecule has 8 heteroatoms. The third-order valence-electron chi connectivity index (χ3n) is 9.05. The molecule has 0 spiro atoms. The molecule has 5 nitrogen and oxygen atoms in total. The normalized spacial score (nSPS) is 38.7. The monoisotopic (exact) mass is 554 g/mol. The molecule has 6 fully saturated rings. The van der Waals surface area contributed by atoms with Crippen molar-refractivity contribution in [3.63, 3.8) is 0 Å². The van der Waals surface area contributed by atoms with Crippen molar-refractivity contribution in [2.75, 3.05) is 0 Å². The van der Waals surface area contributed by atoms with E-state index in [1.807, 2.05) is 0 Å². The van der Waals surface area contributed by atoms with Gasteiger partial charge in [-0.25, -0.2) is 0 Å². The van der Waals surface area contributed by atoms with Crippen molar-refractivity contribution in [3.05, 3.63) is 33.4 Å². The number of non-ortho nitro benzene ring substituents is 1. The maximum atomic E-state index is 11.7. The number of hydrogen-bond donors (Lipinski definition) is 1. The predicted octanol–water partition coefficient (Wildman–Crippen LogP) is 6.75. The fourth-order valence-corrected chi connectivity index (χ4v) is 8.26. The summed E-state index contributed by atoms with van der Waals surface area (Å²) in [5.74, 6) is 3.91. The number of fused-ring (bicyclic) bond motifs is 2. The second-order valence-electron chi connectivity index (χ2n) is 11.0. The first-order valence-electron chi connectivity index (χ1n) is 11.9. The van der Waals surface area contributed by atoms with Gasteiger partial charge in [-0.1, -0.05) is 6.42 Å². The van der Waals surface area contributed by atoms with E-state index in [1.54, 1.807) is 12.3 Å². The molecule has 0 amide bonds. The zero-order valence-electron chi connectivity index (χ0n) is 18.2. The molecule has 0 aliphatic heterocycles. The summed E-state index contributed by atoms with van der Waals surface area (Å²) in [6.45, 7) is 0. The SMILES string of the molecule is O=[N+]([O-])c1cc(C=NC2CC3CCC2C3)c(O)c(C23CC4CC(CC(C4)C2)C3)c1.[Cl][Zr][Cl]. The molecule has 3 atom stereocenters. The van der Waals surface area contributed by atoms with Crippen LogP contribution in [0.1, 0.15) is 75.3 Å². The summed E-state index contributed by atoms with van der Waals surface area (Å²) < 4.78 is 0. The van der Waals surface area contributed by atoms with Gasteiger partial charge in [0.25, 0.3) is 5.69 Å². The fourth-order valence-electron chi connectivity index (χ4n) is 8.26. The molecule has 172 valence electrons. The Morgan fingerprint density at radius 2 is 1.66 bits per heavy atom. The van der Waals surface area contributed by atoms with Gasteiger partial charge in [0.05, 0.1) is 11.0 Å². The van der Waals surface area contributed by atoms with Crippen LogP contribution >= 0.6 is 17.0 Å². The molecule has 1 aromatic rings. The maximum absolute atomic E-state index is 11.7. The minimum absolute atomic E-state index is 0.0696. The summed E-state index contributed by atoms with van der Waals surface area (Å²) >= 11 is -0.826. The summed E-state index contributed by atoms with van der Waals surface area (Å²) in [6.07, 6.45) is 13.9. The van der Waals surface area contributed by atoms with Gasteiger partial charge in [0.15, 0.2) is 0 Å². The molecule has 0 radical (unpaired) electrons. The van der Waals surface area contributed by atoms with Crippen molar-refractivity contribution in [1.29, 1.82) is 0 Å². The Balaban J connectivity index is 0.000000684. The van der Waals surface area contributed by atoms with E-state index >= 15 is 0 Å². The first-order chi connectivity index (χ1) is 15.4. The third-order valence-corrected chi connectivity index (χ3v) is 9.05. The summed E-state index contributed by atoms with van der Waals surface area (Å²) in [5, 5.41) is 22.9. The van der Waals surface area contributed by atoms with E-state index in [1.165, 1.54) is 44.6 Å². The van der Waals surface area contributed by atoms with Crippen LogP contribution in [0.15, 0.2) is 17.1 Å². The quantitative estimate of drug-likeness (QED) is 0.253. The number of phenols is 1. The number of aliphatic imine (C=N–C) groups is 1. The Labute approximate surface area is 208 Å². The van der Waals surface area contributed by atoms with Crippen LogP contribution in [-0.4, -0.2) is 22.3 Å². The van der Waals surface area contributed by atoms with Crippen LogP contribution in [0.2, 0.25) is 0 Å². The minimum atomic E-state index is -0.826. The van der Waals surface area contributed by atoms with Crippen molar-refractivity contribution in [3.8, 4) is 5.75 Å². The first kappa shape index (κ1) is 23.3. The van der Waals surface area contributed by atoms with Gasteiger partial charge in [0.2, 0.25) is 0 Å². The molecular weight excluding hydrogens is 526 g/mol. The van der Waals surface area contributed by atoms with Gasteiger partial charge >= 0.3 is 37.9 Å². The van der Waals surface area contributed by atoms with E-state index in [0.717, 1.165) is 54.9 Å². The van der Waals surface area contributed by atoms with E-state index in [4.69, 9.17) is 22.0 Å². The molecule has 1 aromatic carbocycles. The molecule has 6 aliphatic rings. The van der Waals surface area contributed by atoms with Crippen molar-refractivity contribution in [1.82, 2.24) is 0 Å². The number of nitro benzene ring substituents is 1. The van der Waals surface area contributed by atoms with Gasteiger partial charge in [-0.3, -0.25) is 15.1 Å². The van der Waals surface area contributed by atoms with E-state index in [2.05, 4.69) is 0 Å². The molecule has 6 saturated carbocycles. The average Bonchev–Trinajstić information content (AvgIpc) is 3.35. The molecule has 7 rings (SSSR count). The van der Waals surface area contributed by atoms with Crippen molar-refractivity contribution >= 4 is 28.9 Å². The Morgan fingerprint density at radius 1 is 1.03 bits per heavy atom. The second-order valence-corrected chi connectivity index (χ2v) is 14.7. The zero-order chi connectivity index (χ0) is 22.5. The van der Waals surface area contributed by atoms with Gasteiger partial charge < -0.3 is 5.11 Å². The van der Waals surface area contributed by atoms with Gasteiger partial charge in [0.1, 0.15) is 5.75 Å². The Kier molecular flexibility index (Phi) is 6.78. The average molecular weight is 557 g/mol. The second kappa shape index (κ2) is 9.30. The van der Waals surface area contributed by atoms with Crippen LogP contribution in [0.5, 0.6) is 5.75 Å². The zero-order valence-corrected chi connectivity index (χ0v) is 22.2. The van der Waals surface area contributed by atoms with Crippen LogP contribution in [-0.2, 0) is 26.3 Å². The molecular formula is C24H30Cl2N2O3Zr. The van der Waals surface area contributed by atoms with Crippen molar-refractivity contribution < 1.29 is 30.9 Å². The van der Waals surface area contributed by atoms with Crippen LogP contribution in [0.4, 0.5) is 5.69 Å². The number of rotatable bonds is 4. The summed E-state index contributed by atoms with van der Waals surface area (Å²) in [5.41, 5.74) is 1.41. The summed E-state index contributed by atoms with van der Waals surface area (Å²) in [7, 11) is 9.87. The molecule has 3 unspecified atom stereocenters. The fraction of sp³-hybridized carbons (Fsp3) is 0.708. The van der Waals surface area contributed by atoms with Crippen LogP contribution in [0.25, 0.3) is 0 Å². The van der Waals surface area contributed by atoms with Gasteiger partial charge in [-0.2, -0.15) is 0 Å². The van der Waals surface area contributed by atoms with Gasteiger partial charge in [-0.05, 0) is 87.4 Å². The van der Waals surface area contributed by atoms with E-state index in [-0.39, 0.29) is 21.8 Å². The molecule has 0 saturated heterocycles. The Bertz CT molecular complexity index is 889. The molecule has 32 heavy (non-hydrogen) atoms. The number of hydrogen-bond acceptors (Lipinski definition) is 4. The summed E-state index contributed by atoms with van der Waals surface area (Å²) in [6, 6.07) is 3.53. The number of halogens is 2. The topological polar surface area (TPSA) is 75.7 Å². The number of benzene rings is 1. The number of nitrogens with zero attached hydrogens (tertiary/aromatic N) is 2. The number of phenolic OH excluding ortho intramolecular Hbond substituents is 1. The van der Waals surface area contributed by atoms with E-state index in [9.17, 15) is 15.2 Å². The standard InChI is InChI=1S/C24H30N2O3.2ClH.Zr/c27-23-19(13-25-22-7-14-1-2-18(22)6-14)8-20(26(28)29)9-21(23)24-10-15-3-16(11-24)5-17(4-15)12-24;;;/h8-9,13-18,22,27H,1-7,10-12H2;2*1H;/q;;;+2/p-2. The molecule has 6 bridgehead atoms. The first-order valence-corrected chi connectivity index (χ1v) is 18.2. The van der Waals surface area contributed by atoms with Gasteiger partial charge in [-0.15, -0.1) is 0 Å². The molecule has 1 N–H and O–H groups in total. The third kappa shape index (κ3) is 4.33. The van der Waals surface area contributed by atoms with Crippen molar-refractivity contribution in [2.45, 2.75) is 75.7 Å². The molecule has 0 aromatic heterocycles. The van der Waals surface area contributed by atoms with Crippen LogP contribution in [0.3, 0.4) is 0 Å². The summed E-state index contributed by atoms with van der Waals surface area (Å²) in [4.78, 5) is 16.2. The van der Waals surface area contributed by atoms with Crippen LogP contribution in [0, 0.1) is 39.7 Å². The van der Waals surface area contributed by atoms with Crippen molar-refractivity contribution in [2.24, 2.45) is 34.6 Å². The van der Waals surface area contributed by atoms with E-state index in [0.29, 0.717) is 17.5 Å². The Hall–Kier alpha value is -0.447. The molecule has 6 aliphatic carbocycles. The molecule has 0 heterocycles. The number of aromatic hydroxyl groups is 1. The van der Waals surface area contributed by atoms with Crippen LogP contribution < -0.4 is 0 Å².